The Balaban J connectivity index is 1.58. The van der Waals surface area contributed by atoms with Crippen LogP contribution in [0.2, 0.25) is 0 Å². The first-order valence-electron chi connectivity index (χ1n) is 7.43. The Morgan fingerprint density at radius 3 is 2.67 bits per heavy atom. The molecule has 0 aliphatic heterocycles. The molecule has 1 heterocycles. The lowest BCUT2D eigenvalue weighted by molar-refractivity contribution is 0.145. The van der Waals surface area contributed by atoms with E-state index in [-0.39, 0.29) is 6.10 Å². The summed E-state index contributed by atoms with van der Waals surface area (Å²) in [6.07, 6.45) is 6.46. The summed E-state index contributed by atoms with van der Waals surface area (Å²) in [7, 11) is 0. The van der Waals surface area contributed by atoms with Crippen LogP contribution in [0.25, 0.3) is 0 Å². The fourth-order valence-corrected chi connectivity index (χ4v) is 3.01. The lowest BCUT2D eigenvalue weighted by atomic mass is 9.85. The van der Waals surface area contributed by atoms with Crippen molar-refractivity contribution in [2.45, 2.75) is 44.6 Å². The van der Waals surface area contributed by atoms with Gasteiger partial charge in [-0.05, 0) is 62.4 Å². The van der Waals surface area contributed by atoms with Gasteiger partial charge in [-0.2, -0.15) is 10.4 Å². The van der Waals surface area contributed by atoms with Crippen molar-refractivity contribution in [3.8, 4) is 11.8 Å². The van der Waals surface area contributed by atoms with Gasteiger partial charge >= 0.3 is 0 Å². The van der Waals surface area contributed by atoms with Crippen molar-refractivity contribution in [1.82, 2.24) is 10.2 Å². The van der Waals surface area contributed by atoms with E-state index in [1.807, 2.05) is 31.3 Å². The van der Waals surface area contributed by atoms with Crippen LogP contribution in [-0.2, 0) is 0 Å². The molecular formula is C17H19N3O. The van der Waals surface area contributed by atoms with Crippen molar-refractivity contribution in [3.05, 3.63) is 47.3 Å². The van der Waals surface area contributed by atoms with Crippen molar-refractivity contribution in [1.29, 1.82) is 5.26 Å². The highest BCUT2D eigenvalue weighted by Crippen LogP contribution is 2.33. The molecule has 0 saturated heterocycles. The van der Waals surface area contributed by atoms with Crippen molar-refractivity contribution in [2.24, 2.45) is 0 Å². The molecule has 4 heteroatoms. The standard InChI is InChI=1S/C17H19N3O/c1-12-10-16(7-4-14(12)11-18)21-15-5-2-13(3-6-15)17-8-9-19-20-17/h4,7-10,13,15H,2-3,5-6H2,1H3,(H,19,20). The van der Waals surface area contributed by atoms with E-state index in [0.717, 1.165) is 37.0 Å². The second-order valence-corrected chi connectivity index (χ2v) is 5.69. The minimum atomic E-state index is 0.275. The summed E-state index contributed by atoms with van der Waals surface area (Å²) in [6.45, 7) is 1.94. The van der Waals surface area contributed by atoms with Gasteiger partial charge in [0, 0.05) is 17.8 Å². The van der Waals surface area contributed by atoms with E-state index >= 15 is 0 Å². The second-order valence-electron chi connectivity index (χ2n) is 5.69. The number of nitrogens with one attached hydrogen (secondary N) is 1. The van der Waals surface area contributed by atoms with Crippen LogP contribution in [0.4, 0.5) is 0 Å². The van der Waals surface area contributed by atoms with Crippen LogP contribution in [0.5, 0.6) is 5.75 Å². The van der Waals surface area contributed by atoms with Gasteiger partial charge in [0.2, 0.25) is 0 Å². The number of nitrogens with zero attached hydrogens (tertiary/aromatic N) is 2. The lowest BCUT2D eigenvalue weighted by Gasteiger charge is -2.28. The van der Waals surface area contributed by atoms with Crippen molar-refractivity contribution < 1.29 is 4.74 Å². The monoisotopic (exact) mass is 281 g/mol. The fourth-order valence-electron chi connectivity index (χ4n) is 3.01. The minimum Gasteiger partial charge on any atom is -0.490 e. The minimum absolute atomic E-state index is 0.275. The summed E-state index contributed by atoms with van der Waals surface area (Å²) in [4.78, 5) is 0. The summed E-state index contributed by atoms with van der Waals surface area (Å²) in [6, 6.07) is 9.94. The number of hydrogen-bond donors (Lipinski definition) is 1. The molecule has 1 aliphatic rings. The molecule has 0 amide bonds. The molecule has 1 aromatic carbocycles. The molecule has 0 atom stereocenters. The Labute approximate surface area is 124 Å². The molecule has 0 bridgehead atoms. The molecule has 2 aromatic rings. The number of H-pyrrole nitrogens is 1. The number of aromatic amines is 1. The molecule has 1 fully saturated rings. The van der Waals surface area contributed by atoms with E-state index < -0.39 is 0 Å². The van der Waals surface area contributed by atoms with Gasteiger partial charge in [-0.1, -0.05) is 0 Å². The maximum absolute atomic E-state index is 8.95. The van der Waals surface area contributed by atoms with Crippen LogP contribution in [-0.4, -0.2) is 16.3 Å². The third-order valence-electron chi connectivity index (χ3n) is 4.26. The van der Waals surface area contributed by atoms with E-state index in [9.17, 15) is 0 Å². The topological polar surface area (TPSA) is 61.7 Å². The molecule has 0 unspecified atom stereocenters. The molecule has 1 saturated carbocycles. The molecule has 21 heavy (non-hydrogen) atoms. The van der Waals surface area contributed by atoms with Crippen molar-refractivity contribution in [3.63, 3.8) is 0 Å². The van der Waals surface area contributed by atoms with Gasteiger partial charge in [0.25, 0.3) is 0 Å². The number of nitriles is 1. The average molecular weight is 281 g/mol. The summed E-state index contributed by atoms with van der Waals surface area (Å²) in [5.74, 6) is 1.45. The molecule has 3 rings (SSSR count). The third kappa shape index (κ3) is 3.08. The van der Waals surface area contributed by atoms with Crippen LogP contribution < -0.4 is 4.74 Å². The Morgan fingerprint density at radius 1 is 1.24 bits per heavy atom. The van der Waals surface area contributed by atoms with Gasteiger partial charge in [-0.15, -0.1) is 0 Å². The fraction of sp³-hybridized carbons (Fsp3) is 0.412. The first-order chi connectivity index (χ1) is 10.3. The van der Waals surface area contributed by atoms with Crippen LogP contribution >= 0.6 is 0 Å². The molecule has 1 aromatic heterocycles. The summed E-state index contributed by atoms with van der Waals surface area (Å²) < 4.78 is 6.07. The van der Waals surface area contributed by atoms with Crippen LogP contribution in [0.1, 0.15) is 48.4 Å². The van der Waals surface area contributed by atoms with E-state index in [0.29, 0.717) is 11.5 Å². The van der Waals surface area contributed by atoms with E-state index in [1.165, 1.54) is 5.69 Å². The van der Waals surface area contributed by atoms with Crippen LogP contribution in [0.3, 0.4) is 0 Å². The number of hydrogen-bond acceptors (Lipinski definition) is 3. The van der Waals surface area contributed by atoms with E-state index in [1.54, 1.807) is 0 Å². The Morgan fingerprint density at radius 2 is 2.05 bits per heavy atom. The Hall–Kier alpha value is -2.28. The van der Waals surface area contributed by atoms with Crippen LogP contribution in [0, 0.1) is 18.3 Å². The second kappa shape index (κ2) is 6.01. The first-order valence-corrected chi connectivity index (χ1v) is 7.43. The predicted octanol–water partition coefficient (Wildman–Crippen LogP) is 3.70. The molecular weight excluding hydrogens is 262 g/mol. The maximum atomic E-state index is 8.95. The van der Waals surface area contributed by atoms with Crippen molar-refractivity contribution >= 4 is 0 Å². The highest BCUT2D eigenvalue weighted by Gasteiger charge is 2.24. The molecule has 108 valence electrons. The first kappa shape index (κ1) is 13.7. The smallest absolute Gasteiger partial charge is 0.120 e. The number of benzene rings is 1. The van der Waals surface area contributed by atoms with Gasteiger partial charge in [0.05, 0.1) is 17.7 Å². The number of aromatic nitrogens is 2. The summed E-state index contributed by atoms with van der Waals surface area (Å²) >= 11 is 0. The Kier molecular flexibility index (Phi) is 3.92. The SMILES string of the molecule is Cc1cc(OC2CCC(c3ccn[nH]3)CC2)ccc1C#N. The third-order valence-corrected chi connectivity index (χ3v) is 4.26. The molecule has 4 nitrogen and oxygen atoms in total. The molecule has 0 spiro atoms. The van der Waals surface area contributed by atoms with Gasteiger partial charge < -0.3 is 4.74 Å². The molecule has 1 aliphatic carbocycles. The normalized spacial score (nSPS) is 21.7. The van der Waals surface area contributed by atoms with Crippen molar-refractivity contribution in [2.75, 3.05) is 0 Å². The average Bonchev–Trinajstić information content (AvgIpc) is 3.02. The number of ether oxygens (including phenoxy) is 1. The van der Waals surface area contributed by atoms with E-state index in [2.05, 4.69) is 22.3 Å². The zero-order chi connectivity index (χ0) is 14.7. The zero-order valence-electron chi connectivity index (χ0n) is 12.2. The highest BCUT2D eigenvalue weighted by atomic mass is 16.5. The van der Waals surface area contributed by atoms with Gasteiger partial charge in [-0.25, -0.2) is 0 Å². The van der Waals surface area contributed by atoms with Gasteiger partial charge in [-0.3, -0.25) is 5.10 Å². The highest BCUT2D eigenvalue weighted by molar-refractivity contribution is 5.41. The number of rotatable bonds is 3. The summed E-state index contributed by atoms with van der Waals surface area (Å²) in [5.41, 5.74) is 2.93. The van der Waals surface area contributed by atoms with Crippen LogP contribution in [0.15, 0.2) is 30.5 Å². The maximum Gasteiger partial charge on any atom is 0.120 e. The quantitative estimate of drug-likeness (QED) is 0.933. The predicted molar refractivity (Wildman–Crippen MR) is 80.1 cm³/mol. The van der Waals surface area contributed by atoms with Gasteiger partial charge in [0.15, 0.2) is 0 Å². The van der Waals surface area contributed by atoms with E-state index in [4.69, 9.17) is 10.00 Å². The van der Waals surface area contributed by atoms with Gasteiger partial charge in [0.1, 0.15) is 5.75 Å². The molecule has 1 N–H and O–H groups in total. The number of aryl methyl sites for hydroxylation is 1. The Bertz CT molecular complexity index is 635. The lowest BCUT2D eigenvalue weighted by Crippen LogP contribution is -2.23. The summed E-state index contributed by atoms with van der Waals surface area (Å²) in [5, 5.41) is 16.0. The largest absolute Gasteiger partial charge is 0.490 e. The zero-order valence-corrected chi connectivity index (χ0v) is 12.2. The molecule has 0 radical (unpaired) electrons.